The van der Waals surface area contributed by atoms with Crippen molar-refractivity contribution in [1.82, 2.24) is 20.4 Å². The predicted octanol–water partition coefficient (Wildman–Crippen LogP) is 6.36. The van der Waals surface area contributed by atoms with E-state index in [1.54, 1.807) is 4.90 Å². The number of urea groups is 1. The summed E-state index contributed by atoms with van der Waals surface area (Å²) >= 11 is 0. The van der Waals surface area contributed by atoms with Gasteiger partial charge in [0.2, 0.25) is 5.82 Å². The molecule has 0 bridgehead atoms. The summed E-state index contributed by atoms with van der Waals surface area (Å²) in [6, 6.07) is 23.8. The van der Waals surface area contributed by atoms with Crippen molar-refractivity contribution in [2.45, 2.75) is 40.3 Å². The molecule has 1 unspecified atom stereocenters. The second kappa shape index (κ2) is 9.22. The van der Waals surface area contributed by atoms with E-state index in [0.717, 1.165) is 39.1 Å². The molecule has 1 aliphatic rings. The topological polar surface area (TPSA) is 71.3 Å². The van der Waals surface area contributed by atoms with Gasteiger partial charge in [0.25, 0.3) is 5.89 Å². The number of allylic oxidation sites excluding steroid dienone is 1. The van der Waals surface area contributed by atoms with Crippen LogP contribution < -0.4 is 5.32 Å². The SMILES string of the molecule is CC1=C(c2nc(-c3cccc(C)c3)no2)C(c2ccc(C)cc2)NC(=O)N1Cc1ccc(C)cc1. The van der Waals surface area contributed by atoms with Crippen molar-refractivity contribution in [1.29, 1.82) is 0 Å². The molecule has 1 atom stereocenters. The van der Waals surface area contributed by atoms with Crippen LogP contribution in [-0.4, -0.2) is 21.1 Å². The monoisotopic (exact) mass is 464 g/mol. The molecule has 5 rings (SSSR count). The van der Waals surface area contributed by atoms with Crippen molar-refractivity contribution in [2.75, 3.05) is 0 Å². The quantitative estimate of drug-likeness (QED) is 0.373. The van der Waals surface area contributed by atoms with Gasteiger partial charge in [-0.1, -0.05) is 88.6 Å². The number of nitrogens with one attached hydrogen (secondary N) is 1. The standard InChI is InChI=1S/C29H28N4O2/c1-18-8-12-22(13-9-18)17-33-21(4)25(26(30-29(33)34)23-14-10-19(2)11-15-23)28-31-27(32-35-28)24-7-5-6-20(3)16-24/h5-16,26H,17H2,1-4H3,(H,30,34). The van der Waals surface area contributed by atoms with Gasteiger partial charge in [0.05, 0.1) is 18.2 Å². The molecule has 2 amide bonds. The minimum Gasteiger partial charge on any atom is -0.334 e. The van der Waals surface area contributed by atoms with Crippen LogP contribution >= 0.6 is 0 Å². The first-order valence-electron chi connectivity index (χ1n) is 11.7. The smallest absolute Gasteiger partial charge is 0.322 e. The molecule has 1 aliphatic heterocycles. The summed E-state index contributed by atoms with van der Waals surface area (Å²) in [6.45, 7) is 8.51. The van der Waals surface area contributed by atoms with Gasteiger partial charge >= 0.3 is 6.03 Å². The largest absolute Gasteiger partial charge is 0.334 e. The molecule has 35 heavy (non-hydrogen) atoms. The zero-order valence-electron chi connectivity index (χ0n) is 20.4. The van der Waals surface area contributed by atoms with E-state index < -0.39 is 6.04 Å². The Kier molecular flexibility index (Phi) is 5.95. The third kappa shape index (κ3) is 4.60. The summed E-state index contributed by atoms with van der Waals surface area (Å²) in [5.74, 6) is 0.923. The van der Waals surface area contributed by atoms with Crippen LogP contribution in [0.3, 0.4) is 0 Å². The Morgan fingerprint density at radius 2 is 1.57 bits per heavy atom. The molecular formula is C29H28N4O2. The normalized spacial score (nSPS) is 15.9. The molecule has 4 aromatic rings. The number of benzene rings is 3. The van der Waals surface area contributed by atoms with E-state index in [4.69, 9.17) is 9.51 Å². The number of hydrogen-bond donors (Lipinski definition) is 1. The van der Waals surface area contributed by atoms with E-state index >= 15 is 0 Å². The van der Waals surface area contributed by atoms with Gasteiger partial charge in [0.1, 0.15) is 0 Å². The molecule has 0 spiro atoms. The zero-order chi connectivity index (χ0) is 24.5. The first kappa shape index (κ1) is 22.6. The highest BCUT2D eigenvalue weighted by Gasteiger charge is 2.35. The van der Waals surface area contributed by atoms with Crippen LogP contribution in [-0.2, 0) is 6.54 Å². The van der Waals surface area contributed by atoms with E-state index in [1.165, 1.54) is 5.56 Å². The summed E-state index contributed by atoms with van der Waals surface area (Å²) in [4.78, 5) is 19.8. The summed E-state index contributed by atoms with van der Waals surface area (Å²) < 4.78 is 5.80. The summed E-state index contributed by atoms with van der Waals surface area (Å²) in [5, 5.41) is 7.44. The molecule has 6 heteroatoms. The summed E-state index contributed by atoms with van der Waals surface area (Å²) in [7, 11) is 0. The Bertz CT molecular complexity index is 1400. The third-order valence-electron chi connectivity index (χ3n) is 6.40. The molecule has 176 valence electrons. The van der Waals surface area contributed by atoms with Crippen molar-refractivity contribution >= 4 is 11.6 Å². The average molecular weight is 465 g/mol. The third-order valence-corrected chi connectivity index (χ3v) is 6.40. The Balaban J connectivity index is 1.59. The van der Waals surface area contributed by atoms with Crippen LogP contribution in [0.2, 0.25) is 0 Å². The van der Waals surface area contributed by atoms with E-state index in [9.17, 15) is 4.79 Å². The van der Waals surface area contributed by atoms with Crippen LogP contribution in [0.25, 0.3) is 17.0 Å². The molecule has 2 heterocycles. The summed E-state index contributed by atoms with van der Waals surface area (Å²) in [5.41, 5.74) is 7.94. The van der Waals surface area contributed by atoms with Gasteiger partial charge < -0.3 is 9.84 Å². The molecule has 6 nitrogen and oxygen atoms in total. The van der Waals surface area contributed by atoms with Crippen LogP contribution in [0.5, 0.6) is 0 Å². The lowest BCUT2D eigenvalue weighted by Crippen LogP contribution is -2.45. The predicted molar refractivity (Wildman–Crippen MR) is 136 cm³/mol. The van der Waals surface area contributed by atoms with Crippen molar-refractivity contribution in [3.05, 3.63) is 112 Å². The van der Waals surface area contributed by atoms with Gasteiger partial charge in [-0.05, 0) is 44.9 Å². The fourth-order valence-electron chi connectivity index (χ4n) is 4.37. The average Bonchev–Trinajstić information content (AvgIpc) is 3.33. The van der Waals surface area contributed by atoms with Gasteiger partial charge in [0.15, 0.2) is 0 Å². The molecule has 0 saturated carbocycles. The lowest BCUT2D eigenvalue weighted by atomic mass is 9.94. The van der Waals surface area contributed by atoms with Gasteiger partial charge in [0, 0.05) is 11.3 Å². The number of rotatable bonds is 5. The molecule has 1 N–H and O–H groups in total. The van der Waals surface area contributed by atoms with Crippen molar-refractivity contribution in [3.63, 3.8) is 0 Å². The highest BCUT2D eigenvalue weighted by Crippen LogP contribution is 2.38. The summed E-state index contributed by atoms with van der Waals surface area (Å²) in [6.07, 6.45) is 0. The molecule has 0 aliphatic carbocycles. The first-order chi connectivity index (χ1) is 16.9. The number of amides is 2. The maximum atomic E-state index is 13.3. The Hall–Kier alpha value is -4.19. The van der Waals surface area contributed by atoms with E-state index in [-0.39, 0.29) is 6.03 Å². The lowest BCUT2D eigenvalue weighted by molar-refractivity contribution is 0.203. The Morgan fingerprint density at radius 3 is 2.26 bits per heavy atom. The molecular weight excluding hydrogens is 436 g/mol. The number of aryl methyl sites for hydroxylation is 3. The van der Waals surface area contributed by atoms with Crippen LogP contribution in [0.4, 0.5) is 4.79 Å². The van der Waals surface area contributed by atoms with Gasteiger partial charge in [-0.2, -0.15) is 4.98 Å². The first-order valence-corrected chi connectivity index (χ1v) is 11.7. The van der Waals surface area contributed by atoms with Crippen LogP contribution in [0.15, 0.2) is 83.0 Å². The fourth-order valence-corrected chi connectivity index (χ4v) is 4.37. The van der Waals surface area contributed by atoms with Crippen molar-refractivity contribution < 1.29 is 9.32 Å². The van der Waals surface area contributed by atoms with E-state index in [2.05, 4.69) is 22.6 Å². The van der Waals surface area contributed by atoms with Gasteiger partial charge in [-0.15, -0.1) is 0 Å². The second-order valence-corrected chi connectivity index (χ2v) is 9.16. The van der Waals surface area contributed by atoms with Crippen molar-refractivity contribution in [3.8, 4) is 11.4 Å². The number of hydrogen-bond acceptors (Lipinski definition) is 4. The maximum absolute atomic E-state index is 13.3. The van der Waals surface area contributed by atoms with Crippen molar-refractivity contribution in [2.24, 2.45) is 0 Å². The number of aromatic nitrogens is 2. The molecule has 0 radical (unpaired) electrons. The Labute approximate surface area is 205 Å². The fraction of sp³-hybridized carbons (Fsp3) is 0.207. The van der Waals surface area contributed by atoms with Crippen LogP contribution in [0, 0.1) is 20.8 Å². The van der Waals surface area contributed by atoms with Gasteiger partial charge in [-0.25, -0.2) is 4.79 Å². The molecule has 3 aromatic carbocycles. The van der Waals surface area contributed by atoms with E-state index in [0.29, 0.717) is 18.3 Å². The zero-order valence-corrected chi connectivity index (χ0v) is 20.4. The minimum atomic E-state index is -0.400. The number of carbonyl (C=O) groups excluding carboxylic acids is 1. The van der Waals surface area contributed by atoms with Crippen LogP contribution in [0.1, 0.15) is 46.7 Å². The second-order valence-electron chi connectivity index (χ2n) is 9.16. The maximum Gasteiger partial charge on any atom is 0.322 e. The lowest BCUT2D eigenvalue weighted by Gasteiger charge is -2.35. The minimum absolute atomic E-state index is 0.157. The number of carbonyl (C=O) groups is 1. The van der Waals surface area contributed by atoms with Gasteiger partial charge in [-0.3, -0.25) is 4.90 Å². The highest BCUT2D eigenvalue weighted by atomic mass is 16.5. The number of nitrogens with zero attached hydrogens (tertiary/aromatic N) is 3. The Morgan fingerprint density at radius 1 is 0.886 bits per heavy atom. The van der Waals surface area contributed by atoms with E-state index in [1.807, 2.05) is 88.4 Å². The molecule has 0 saturated heterocycles. The molecule has 0 fully saturated rings. The highest BCUT2D eigenvalue weighted by molar-refractivity contribution is 5.86. The molecule has 1 aromatic heterocycles.